The van der Waals surface area contributed by atoms with Crippen LogP contribution in [0.25, 0.3) is 0 Å². The van der Waals surface area contributed by atoms with Gasteiger partial charge in [-0.3, -0.25) is 0 Å². The zero-order valence-corrected chi connectivity index (χ0v) is 12.2. The second kappa shape index (κ2) is 11.7. The van der Waals surface area contributed by atoms with E-state index in [-0.39, 0.29) is 5.38 Å². The van der Waals surface area contributed by atoms with E-state index in [4.69, 9.17) is 11.6 Å². The predicted octanol–water partition coefficient (Wildman–Crippen LogP) is 4.59. The van der Waals surface area contributed by atoms with E-state index in [9.17, 15) is 0 Å². The van der Waals surface area contributed by atoms with Crippen LogP contribution in [0.3, 0.4) is 0 Å². The van der Waals surface area contributed by atoms with Crippen LogP contribution in [-0.4, -0.2) is 18.5 Å². The molecule has 1 N–H and O–H groups in total. The molecule has 0 aliphatic carbocycles. The summed E-state index contributed by atoms with van der Waals surface area (Å²) in [6.45, 7) is 8.69. The molecule has 0 heterocycles. The van der Waals surface area contributed by atoms with E-state index in [1.807, 2.05) is 0 Å². The lowest BCUT2D eigenvalue weighted by Crippen LogP contribution is -2.27. The molecule has 1 atom stereocenters. The number of nitrogens with one attached hydrogen (secondary N) is 1. The summed E-state index contributed by atoms with van der Waals surface area (Å²) in [4.78, 5) is 0. The van der Waals surface area contributed by atoms with Crippen LogP contribution in [0.15, 0.2) is 0 Å². The second-order valence-electron chi connectivity index (χ2n) is 5.09. The summed E-state index contributed by atoms with van der Waals surface area (Å²) in [5, 5.41) is 3.72. The lowest BCUT2D eigenvalue weighted by molar-refractivity contribution is 0.522. The second-order valence-corrected chi connectivity index (χ2v) is 5.65. The van der Waals surface area contributed by atoms with Crippen molar-refractivity contribution in [3.63, 3.8) is 0 Å². The molecule has 0 spiro atoms. The Bertz CT molecular complexity index is 137. The molecule has 0 amide bonds. The Balaban J connectivity index is 3.04. The monoisotopic (exact) mass is 247 g/mol. The molecule has 2 heteroatoms. The molecule has 0 rings (SSSR count). The first-order valence-electron chi connectivity index (χ1n) is 7.03. The standard InChI is InChI=1S/C14H30ClN/c1-4-5-6-7-8-9-10-11-16-12-14(15)13(2)3/h13-14,16H,4-12H2,1-3H3. The first-order chi connectivity index (χ1) is 7.68. The van der Waals surface area contributed by atoms with Gasteiger partial charge in [-0.05, 0) is 18.9 Å². The van der Waals surface area contributed by atoms with Crippen molar-refractivity contribution in [1.29, 1.82) is 0 Å². The van der Waals surface area contributed by atoms with Crippen LogP contribution >= 0.6 is 11.6 Å². The molecule has 0 saturated carbocycles. The van der Waals surface area contributed by atoms with Crippen molar-refractivity contribution in [2.24, 2.45) is 5.92 Å². The van der Waals surface area contributed by atoms with E-state index in [1.165, 1.54) is 44.9 Å². The number of unbranched alkanes of at least 4 members (excludes halogenated alkanes) is 6. The highest BCUT2D eigenvalue weighted by Crippen LogP contribution is 2.08. The molecule has 16 heavy (non-hydrogen) atoms. The summed E-state index contributed by atoms with van der Waals surface area (Å²) in [6.07, 6.45) is 9.64. The number of halogens is 1. The first-order valence-corrected chi connectivity index (χ1v) is 7.47. The van der Waals surface area contributed by atoms with Gasteiger partial charge in [-0.25, -0.2) is 0 Å². The van der Waals surface area contributed by atoms with Crippen molar-refractivity contribution in [3.05, 3.63) is 0 Å². The van der Waals surface area contributed by atoms with Gasteiger partial charge in [0.15, 0.2) is 0 Å². The average molecular weight is 248 g/mol. The maximum Gasteiger partial charge on any atom is 0.0483 e. The van der Waals surface area contributed by atoms with Gasteiger partial charge < -0.3 is 5.32 Å². The van der Waals surface area contributed by atoms with Gasteiger partial charge in [-0.15, -0.1) is 11.6 Å². The molecule has 0 aliphatic heterocycles. The van der Waals surface area contributed by atoms with Crippen molar-refractivity contribution in [2.75, 3.05) is 13.1 Å². The summed E-state index contributed by atoms with van der Waals surface area (Å²) >= 11 is 6.15. The molecule has 0 aromatic carbocycles. The fraction of sp³-hybridized carbons (Fsp3) is 1.00. The zero-order chi connectivity index (χ0) is 12.2. The third-order valence-electron chi connectivity index (χ3n) is 3.02. The van der Waals surface area contributed by atoms with Crippen molar-refractivity contribution in [3.8, 4) is 0 Å². The van der Waals surface area contributed by atoms with Crippen LogP contribution in [0.2, 0.25) is 0 Å². The molecule has 0 saturated heterocycles. The fourth-order valence-corrected chi connectivity index (χ4v) is 1.79. The summed E-state index contributed by atoms with van der Waals surface area (Å²) in [5.74, 6) is 0.572. The summed E-state index contributed by atoms with van der Waals surface area (Å²) in [6, 6.07) is 0. The predicted molar refractivity (Wildman–Crippen MR) is 75.3 cm³/mol. The molecule has 0 aromatic rings. The van der Waals surface area contributed by atoms with Crippen LogP contribution in [0.1, 0.15) is 65.7 Å². The largest absolute Gasteiger partial charge is 0.315 e. The summed E-state index contributed by atoms with van der Waals surface area (Å²) < 4.78 is 0. The van der Waals surface area contributed by atoms with E-state index in [2.05, 4.69) is 26.1 Å². The van der Waals surface area contributed by atoms with Gasteiger partial charge >= 0.3 is 0 Å². The highest BCUT2D eigenvalue weighted by atomic mass is 35.5. The van der Waals surface area contributed by atoms with Crippen molar-refractivity contribution < 1.29 is 0 Å². The smallest absolute Gasteiger partial charge is 0.0483 e. The van der Waals surface area contributed by atoms with Crippen LogP contribution in [0.5, 0.6) is 0 Å². The Morgan fingerprint density at radius 3 is 2.06 bits per heavy atom. The van der Waals surface area contributed by atoms with Crippen molar-refractivity contribution in [1.82, 2.24) is 5.32 Å². The third kappa shape index (κ3) is 10.8. The normalized spacial score (nSPS) is 13.3. The fourth-order valence-electron chi connectivity index (χ4n) is 1.68. The third-order valence-corrected chi connectivity index (χ3v) is 3.68. The maximum absolute atomic E-state index is 6.15. The van der Waals surface area contributed by atoms with E-state index in [0.717, 1.165) is 13.1 Å². The number of hydrogen-bond donors (Lipinski definition) is 1. The van der Waals surface area contributed by atoms with Gasteiger partial charge in [0.1, 0.15) is 0 Å². The molecule has 0 aromatic heterocycles. The molecule has 0 fully saturated rings. The Morgan fingerprint density at radius 1 is 0.938 bits per heavy atom. The van der Waals surface area contributed by atoms with Gasteiger partial charge in [0, 0.05) is 11.9 Å². The summed E-state index contributed by atoms with van der Waals surface area (Å²) in [5.41, 5.74) is 0. The maximum atomic E-state index is 6.15. The lowest BCUT2D eigenvalue weighted by atomic mass is 10.1. The Hall–Kier alpha value is 0.250. The molecule has 1 nitrogen and oxygen atoms in total. The van der Waals surface area contributed by atoms with Gasteiger partial charge in [0.05, 0.1) is 0 Å². The lowest BCUT2D eigenvalue weighted by Gasteiger charge is -2.13. The van der Waals surface area contributed by atoms with Crippen LogP contribution in [0, 0.1) is 5.92 Å². The highest BCUT2D eigenvalue weighted by Gasteiger charge is 2.07. The quantitative estimate of drug-likeness (QED) is 0.416. The van der Waals surface area contributed by atoms with Crippen LogP contribution in [0.4, 0.5) is 0 Å². The van der Waals surface area contributed by atoms with Crippen LogP contribution < -0.4 is 5.32 Å². The number of alkyl halides is 1. The Labute approximate surface area is 107 Å². The van der Waals surface area contributed by atoms with Gasteiger partial charge in [0.25, 0.3) is 0 Å². The van der Waals surface area contributed by atoms with Gasteiger partial charge in [-0.1, -0.05) is 59.3 Å². The number of rotatable bonds is 11. The van der Waals surface area contributed by atoms with Gasteiger partial charge in [-0.2, -0.15) is 0 Å². The summed E-state index contributed by atoms with van der Waals surface area (Å²) in [7, 11) is 0. The molecule has 98 valence electrons. The average Bonchev–Trinajstić information content (AvgIpc) is 2.26. The topological polar surface area (TPSA) is 12.0 Å². The zero-order valence-electron chi connectivity index (χ0n) is 11.4. The Kier molecular flexibility index (Phi) is 11.9. The Morgan fingerprint density at radius 2 is 1.50 bits per heavy atom. The molecule has 1 unspecified atom stereocenters. The molecule has 0 radical (unpaired) electrons. The minimum Gasteiger partial charge on any atom is -0.315 e. The van der Waals surface area contributed by atoms with E-state index >= 15 is 0 Å². The van der Waals surface area contributed by atoms with E-state index in [0.29, 0.717) is 5.92 Å². The molecule has 0 bridgehead atoms. The molecular weight excluding hydrogens is 218 g/mol. The van der Waals surface area contributed by atoms with Crippen molar-refractivity contribution in [2.45, 2.75) is 71.1 Å². The highest BCUT2D eigenvalue weighted by molar-refractivity contribution is 6.20. The molecule has 0 aliphatic rings. The number of hydrogen-bond acceptors (Lipinski definition) is 1. The van der Waals surface area contributed by atoms with E-state index in [1.54, 1.807) is 0 Å². The minimum absolute atomic E-state index is 0.282. The van der Waals surface area contributed by atoms with E-state index < -0.39 is 0 Å². The van der Waals surface area contributed by atoms with Crippen LogP contribution in [-0.2, 0) is 0 Å². The SMILES string of the molecule is CCCCCCCCCNCC(Cl)C(C)C. The molecular formula is C14H30ClN. The first kappa shape index (κ1) is 16.2. The van der Waals surface area contributed by atoms with Crippen molar-refractivity contribution >= 4 is 11.6 Å². The van der Waals surface area contributed by atoms with Gasteiger partial charge in [0.2, 0.25) is 0 Å². The minimum atomic E-state index is 0.282.